The summed E-state index contributed by atoms with van der Waals surface area (Å²) in [5, 5.41) is 1.83. The van der Waals surface area contributed by atoms with Gasteiger partial charge in [-0.3, -0.25) is 9.97 Å². The molecule has 0 aliphatic heterocycles. The van der Waals surface area contributed by atoms with Crippen LogP contribution in [0.5, 0.6) is 11.5 Å². The first-order valence-electron chi connectivity index (χ1n) is 5.97. The van der Waals surface area contributed by atoms with Gasteiger partial charge in [0.25, 0.3) is 0 Å². The fourth-order valence-electron chi connectivity index (χ4n) is 1.91. The van der Waals surface area contributed by atoms with Crippen LogP contribution in [0.25, 0.3) is 10.8 Å². The van der Waals surface area contributed by atoms with E-state index in [1.54, 1.807) is 18.6 Å². The maximum Gasteiger partial charge on any atom is 0.145 e. The van der Waals surface area contributed by atoms with E-state index in [1.807, 2.05) is 37.3 Å². The lowest BCUT2D eigenvalue weighted by Gasteiger charge is -2.10. The number of pyridine rings is 2. The highest BCUT2D eigenvalue weighted by molar-refractivity contribution is 5.96. The number of hydrogen-bond donors (Lipinski definition) is 1. The Morgan fingerprint density at radius 1 is 1.00 bits per heavy atom. The third-order valence-electron chi connectivity index (χ3n) is 2.92. The Balaban J connectivity index is 2.06. The molecule has 3 rings (SSSR count). The van der Waals surface area contributed by atoms with Crippen molar-refractivity contribution in [3.63, 3.8) is 0 Å². The van der Waals surface area contributed by atoms with E-state index >= 15 is 0 Å². The van der Waals surface area contributed by atoms with E-state index in [2.05, 4.69) is 9.97 Å². The van der Waals surface area contributed by atoms with Crippen LogP contribution in [0.3, 0.4) is 0 Å². The van der Waals surface area contributed by atoms with Gasteiger partial charge in [-0.2, -0.15) is 0 Å². The Hall–Kier alpha value is -2.62. The molecule has 0 amide bonds. The summed E-state index contributed by atoms with van der Waals surface area (Å²) in [6.45, 7) is 1.94. The number of hydrogen-bond acceptors (Lipinski definition) is 4. The van der Waals surface area contributed by atoms with Crippen molar-refractivity contribution >= 4 is 16.5 Å². The van der Waals surface area contributed by atoms with Crippen molar-refractivity contribution in [1.29, 1.82) is 0 Å². The molecule has 0 bridgehead atoms. The summed E-state index contributed by atoms with van der Waals surface area (Å²) in [4.78, 5) is 8.30. The second-order valence-corrected chi connectivity index (χ2v) is 4.31. The molecule has 2 N–H and O–H groups in total. The normalized spacial score (nSPS) is 10.6. The predicted octanol–water partition coefficient (Wildman–Crippen LogP) is 3.31. The first-order chi connectivity index (χ1) is 9.24. The summed E-state index contributed by atoms with van der Waals surface area (Å²) in [5.74, 6) is 1.45. The number of nitrogens with two attached hydrogens (primary N) is 1. The predicted molar refractivity (Wildman–Crippen MR) is 75.2 cm³/mol. The van der Waals surface area contributed by atoms with Crippen LogP contribution < -0.4 is 10.5 Å². The first-order valence-corrected chi connectivity index (χ1v) is 5.97. The lowest BCUT2D eigenvalue weighted by Crippen LogP contribution is -1.92. The SMILES string of the molecule is Cc1ccc(Oc2ccc(N)c3cnccc23)cn1. The van der Waals surface area contributed by atoms with Crippen molar-refractivity contribution in [2.45, 2.75) is 6.92 Å². The number of nitrogen functional groups attached to an aromatic ring is 1. The van der Waals surface area contributed by atoms with Gasteiger partial charge < -0.3 is 10.5 Å². The molecule has 0 fully saturated rings. The maximum absolute atomic E-state index is 5.93. The van der Waals surface area contributed by atoms with Crippen molar-refractivity contribution in [1.82, 2.24) is 9.97 Å². The number of rotatable bonds is 2. The molecule has 0 atom stereocenters. The van der Waals surface area contributed by atoms with Gasteiger partial charge in [0, 0.05) is 34.5 Å². The molecule has 0 saturated carbocycles. The topological polar surface area (TPSA) is 61.0 Å². The lowest BCUT2D eigenvalue weighted by atomic mass is 10.1. The molecule has 2 heterocycles. The highest BCUT2D eigenvalue weighted by Gasteiger charge is 2.06. The van der Waals surface area contributed by atoms with Gasteiger partial charge in [-0.1, -0.05) is 0 Å². The molecule has 4 heteroatoms. The van der Waals surface area contributed by atoms with Gasteiger partial charge in [0.05, 0.1) is 6.20 Å². The summed E-state index contributed by atoms with van der Waals surface area (Å²) in [6.07, 6.45) is 5.17. The minimum atomic E-state index is 0.692. The van der Waals surface area contributed by atoms with Crippen LogP contribution in [0, 0.1) is 6.92 Å². The quantitative estimate of drug-likeness (QED) is 0.710. The fourth-order valence-corrected chi connectivity index (χ4v) is 1.91. The average molecular weight is 251 g/mol. The van der Waals surface area contributed by atoms with Gasteiger partial charge in [-0.25, -0.2) is 0 Å². The minimum absolute atomic E-state index is 0.692. The molecule has 0 unspecified atom stereocenters. The Labute approximate surface area is 110 Å². The highest BCUT2D eigenvalue weighted by atomic mass is 16.5. The summed E-state index contributed by atoms with van der Waals surface area (Å²) < 4.78 is 5.86. The molecule has 0 spiro atoms. The van der Waals surface area contributed by atoms with Crippen molar-refractivity contribution in [2.75, 3.05) is 5.73 Å². The van der Waals surface area contributed by atoms with Gasteiger partial charge in [-0.05, 0) is 37.3 Å². The molecule has 3 aromatic rings. The largest absolute Gasteiger partial charge is 0.455 e. The Morgan fingerprint density at radius 3 is 2.68 bits per heavy atom. The van der Waals surface area contributed by atoms with Crippen molar-refractivity contribution in [3.8, 4) is 11.5 Å². The molecule has 0 aliphatic carbocycles. The zero-order valence-electron chi connectivity index (χ0n) is 10.5. The van der Waals surface area contributed by atoms with Crippen LogP contribution in [-0.2, 0) is 0 Å². The number of benzene rings is 1. The van der Waals surface area contributed by atoms with Gasteiger partial charge >= 0.3 is 0 Å². The van der Waals surface area contributed by atoms with Gasteiger partial charge in [0.15, 0.2) is 0 Å². The second-order valence-electron chi connectivity index (χ2n) is 4.31. The van der Waals surface area contributed by atoms with Crippen LogP contribution in [-0.4, -0.2) is 9.97 Å². The third-order valence-corrected chi connectivity index (χ3v) is 2.92. The minimum Gasteiger partial charge on any atom is -0.455 e. The van der Waals surface area contributed by atoms with E-state index in [0.717, 1.165) is 22.2 Å². The molecular formula is C15H13N3O. The molecule has 2 aromatic heterocycles. The van der Waals surface area contributed by atoms with E-state index in [4.69, 9.17) is 10.5 Å². The zero-order valence-corrected chi connectivity index (χ0v) is 10.5. The monoisotopic (exact) mass is 251 g/mol. The fraction of sp³-hybridized carbons (Fsp3) is 0.0667. The molecule has 1 aromatic carbocycles. The molecule has 0 aliphatic rings. The number of aryl methyl sites for hydroxylation is 1. The van der Waals surface area contributed by atoms with E-state index in [1.165, 1.54) is 0 Å². The van der Waals surface area contributed by atoms with E-state index in [9.17, 15) is 0 Å². The molecule has 0 radical (unpaired) electrons. The standard InChI is InChI=1S/C15H13N3O/c1-10-2-3-11(8-18-10)19-15-5-4-14(16)13-9-17-7-6-12(13)15/h2-9H,16H2,1H3. The highest BCUT2D eigenvalue weighted by Crippen LogP contribution is 2.32. The Morgan fingerprint density at radius 2 is 1.89 bits per heavy atom. The number of fused-ring (bicyclic) bond motifs is 1. The maximum atomic E-state index is 5.93. The number of ether oxygens (including phenoxy) is 1. The van der Waals surface area contributed by atoms with E-state index in [0.29, 0.717) is 11.4 Å². The molecule has 4 nitrogen and oxygen atoms in total. The first kappa shape index (κ1) is 11.5. The summed E-state index contributed by atoms with van der Waals surface area (Å²) in [6, 6.07) is 9.38. The van der Waals surface area contributed by atoms with E-state index in [-0.39, 0.29) is 0 Å². The Bertz CT molecular complexity index is 723. The number of aromatic nitrogens is 2. The second kappa shape index (κ2) is 4.57. The molecule has 19 heavy (non-hydrogen) atoms. The summed E-state index contributed by atoms with van der Waals surface area (Å²) in [5.41, 5.74) is 7.58. The lowest BCUT2D eigenvalue weighted by molar-refractivity contribution is 0.485. The van der Waals surface area contributed by atoms with E-state index < -0.39 is 0 Å². The van der Waals surface area contributed by atoms with Crippen molar-refractivity contribution in [3.05, 3.63) is 54.6 Å². The van der Waals surface area contributed by atoms with Crippen molar-refractivity contribution in [2.24, 2.45) is 0 Å². The van der Waals surface area contributed by atoms with Crippen LogP contribution in [0.1, 0.15) is 5.69 Å². The zero-order chi connectivity index (χ0) is 13.2. The van der Waals surface area contributed by atoms with Crippen LogP contribution in [0.15, 0.2) is 48.9 Å². The number of anilines is 1. The van der Waals surface area contributed by atoms with Crippen LogP contribution >= 0.6 is 0 Å². The van der Waals surface area contributed by atoms with Gasteiger partial charge in [-0.15, -0.1) is 0 Å². The Kier molecular flexibility index (Phi) is 2.76. The van der Waals surface area contributed by atoms with Gasteiger partial charge in [0.1, 0.15) is 11.5 Å². The third kappa shape index (κ3) is 2.20. The average Bonchev–Trinajstić information content (AvgIpc) is 2.45. The van der Waals surface area contributed by atoms with Crippen LogP contribution in [0.4, 0.5) is 5.69 Å². The summed E-state index contributed by atoms with van der Waals surface area (Å²) in [7, 11) is 0. The van der Waals surface area contributed by atoms with Gasteiger partial charge in [0.2, 0.25) is 0 Å². The molecule has 0 saturated heterocycles. The van der Waals surface area contributed by atoms with Crippen molar-refractivity contribution < 1.29 is 4.74 Å². The van der Waals surface area contributed by atoms with Crippen LogP contribution in [0.2, 0.25) is 0 Å². The number of nitrogens with zero attached hydrogens (tertiary/aromatic N) is 2. The summed E-state index contributed by atoms with van der Waals surface area (Å²) >= 11 is 0. The molecular weight excluding hydrogens is 238 g/mol. The molecule has 94 valence electrons. The smallest absolute Gasteiger partial charge is 0.145 e.